The molecule has 0 saturated carbocycles. The van der Waals surface area contributed by atoms with E-state index in [0.717, 1.165) is 0 Å². The number of carbonyl (C=O) groups is 2. The Balaban J connectivity index is 1.81. The van der Waals surface area contributed by atoms with Gasteiger partial charge >= 0.3 is 11.9 Å². The van der Waals surface area contributed by atoms with Gasteiger partial charge < -0.3 is 20.5 Å². The van der Waals surface area contributed by atoms with Crippen LogP contribution in [0.2, 0.25) is 5.02 Å². The maximum Gasteiger partial charge on any atom is 0.337 e. The molecule has 0 radical (unpaired) electrons. The molecule has 0 fully saturated rings. The van der Waals surface area contributed by atoms with Gasteiger partial charge in [-0.3, -0.25) is 0 Å². The average Bonchev–Trinajstić information content (AvgIpc) is 2.69. The third kappa shape index (κ3) is 4.54. The lowest BCUT2D eigenvalue weighted by molar-refractivity contribution is 0.0600. The van der Waals surface area contributed by atoms with Crippen LogP contribution in [0.5, 0.6) is 0 Å². The van der Waals surface area contributed by atoms with E-state index in [-0.39, 0.29) is 11.5 Å². The van der Waals surface area contributed by atoms with Crippen molar-refractivity contribution < 1.29 is 19.4 Å². The van der Waals surface area contributed by atoms with Crippen LogP contribution in [0.15, 0.2) is 54.7 Å². The van der Waals surface area contributed by atoms with Gasteiger partial charge in [-0.2, -0.15) is 4.98 Å². The second-order valence-electron chi connectivity index (χ2n) is 5.59. The molecule has 1 heterocycles. The van der Waals surface area contributed by atoms with E-state index in [0.29, 0.717) is 27.8 Å². The molecule has 3 rings (SSSR count). The van der Waals surface area contributed by atoms with Crippen molar-refractivity contribution in [2.75, 3.05) is 17.7 Å². The Labute approximate surface area is 165 Å². The quantitative estimate of drug-likeness (QED) is 0.532. The molecule has 1 aromatic heterocycles. The van der Waals surface area contributed by atoms with Crippen LogP contribution in [0.25, 0.3) is 0 Å². The molecule has 0 bridgehead atoms. The van der Waals surface area contributed by atoms with Gasteiger partial charge in [0.25, 0.3) is 0 Å². The summed E-state index contributed by atoms with van der Waals surface area (Å²) in [6.45, 7) is 0. The minimum atomic E-state index is -1.02. The number of benzene rings is 2. The summed E-state index contributed by atoms with van der Waals surface area (Å²) >= 11 is 6.17. The fraction of sp³-hybridized carbons (Fsp3) is 0.0526. The molecule has 9 heteroatoms. The van der Waals surface area contributed by atoms with Crippen molar-refractivity contribution in [3.63, 3.8) is 0 Å². The summed E-state index contributed by atoms with van der Waals surface area (Å²) < 4.78 is 4.70. The van der Waals surface area contributed by atoms with Crippen LogP contribution in [-0.4, -0.2) is 34.1 Å². The molecule has 2 aromatic carbocycles. The molecule has 3 N–H and O–H groups in total. The normalized spacial score (nSPS) is 10.2. The Morgan fingerprint density at radius 2 is 1.89 bits per heavy atom. The summed E-state index contributed by atoms with van der Waals surface area (Å²) in [5, 5.41) is 15.4. The number of carboxylic acid groups (broad SMARTS) is 1. The van der Waals surface area contributed by atoms with E-state index in [9.17, 15) is 9.59 Å². The monoisotopic (exact) mass is 398 g/mol. The topological polar surface area (TPSA) is 113 Å². The van der Waals surface area contributed by atoms with Gasteiger partial charge in [0, 0.05) is 11.9 Å². The molecule has 0 atom stereocenters. The number of rotatable bonds is 6. The molecule has 0 aliphatic rings. The van der Waals surface area contributed by atoms with Crippen LogP contribution >= 0.6 is 11.6 Å². The molecule has 8 nitrogen and oxygen atoms in total. The lowest BCUT2D eigenvalue weighted by Gasteiger charge is -2.11. The van der Waals surface area contributed by atoms with Crippen molar-refractivity contribution in [2.45, 2.75) is 0 Å². The molecule has 3 aromatic rings. The fourth-order valence-electron chi connectivity index (χ4n) is 2.35. The standard InChI is InChI=1S/C19H15ClN4O4/c1-28-18(27)12-5-6-14(20)15(10-12)23-19-21-8-7-16(24-19)22-13-4-2-3-11(9-13)17(25)26/h2-10H,1H3,(H,25,26)(H2,21,22,23,24). The summed E-state index contributed by atoms with van der Waals surface area (Å²) in [6, 6.07) is 12.6. The number of halogens is 1. The number of ether oxygens (including phenoxy) is 1. The van der Waals surface area contributed by atoms with Crippen LogP contribution < -0.4 is 10.6 Å². The number of hydrogen-bond donors (Lipinski definition) is 3. The van der Waals surface area contributed by atoms with Crippen LogP contribution in [0.3, 0.4) is 0 Å². The van der Waals surface area contributed by atoms with E-state index in [1.165, 1.54) is 31.5 Å². The smallest absolute Gasteiger partial charge is 0.337 e. The Kier molecular flexibility index (Phi) is 5.71. The number of nitrogens with zero attached hydrogens (tertiary/aromatic N) is 2. The lowest BCUT2D eigenvalue weighted by atomic mass is 10.2. The number of esters is 1. The predicted octanol–water partition coefficient (Wildman–Crippen LogP) is 4.10. The molecular weight excluding hydrogens is 384 g/mol. The van der Waals surface area contributed by atoms with E-state index < -0.39 is 11.9 Å². The second kappa shape index (κ2) is 8.36. The molecule has 28 heavy (non-hydrogen) atoms. The highest BCUT2D eigenvalue weighted by Gasteiger charge is 2.11. The average molecular weight is 399 g/mol. The number of anilines is 4. The zero-order chi connectivity index (χ0) is 20.1. The predicted molar refractivity (Wildman–Crippen MR) is 105 cm³/mol. The maximum absolute atomic E-state index is 11.7. The maximum atomic E-state index is 11.7. The lowest BCUT2D eigenvalue weighted by Crippen LogP contribution is -2.04. The van der Waals surface area contributed by atoms with Gasteiger partial charge in [0.15, 0.2) is 0 Å². The summed E-state index contributed by atoms with van der Waals surface area (Å²) in [5.74, 6) is -0.827. The van der Waals surface area contributed by atoms with Gasteiger partial charge in [-0.05, 0) is 42.5 Å². The van der Waals surface area contributed by atoms with Crippen LogP contribution in [0, 0.1) is 0 Å². The third-order valence-electron chi connectivity index (χ3n) is 3.67. The Morgan fingerprint density at radius 3 is 2.64 bits per heavy atom. The summed E-state index contributed by atoms with van der Waals surface area (Å²) in [7, 11) is 1.29. The highest BCUT2D eigenvalue weighted by molar-refractivity contribution is 6.33. The van der Waals surface area contributed by atoms with Gasteiger partial charge in [0.1, 0.15) is 5.82 Å². The van der Waals surface area contributed by atoms with Crippen molar-refractivity contribution in [3.8, 4) is 0 Å². The molecular formula is C19H15ClN4O4. The first-order chi connectivity index (χ1) is 13.5. The Hall–Kier alpha value is -3.65. The number of aromatic carboxylic acids is 1. The Morgan fingerprint density at radius 1 is 1.07 bits per heavy atom. The molecule has 142 valence electrons. The summed E-state index contributed by atoms with van der Waals surface area (Å²) in [5.41, 5.74) is 1.49. The third-order valence-corrected chi connectivity index (χ3v) is 4.00. The highest BCUT2D eigenvalue weighted by atomic mass is 35.5. The number of carbonyl (C=O) groups excluding carboxylic acids is 1. The summed E-state index contributed by atoms with van der Waals surface area (Å²) in [4.78, 5) is 31.2. The summed E-state index contributed by atoms with van der Waals surface area (Å²) in [6.07, 6.45) is 1.52. The van der Waals surface area contributed by atoms with E-state index in [1.54, 1.807) is 30.3 Å². The number of carboxylic acids is 1. The second-order valence-corrected chi connectivity index (χ2v) is 5.99. The van der Waals surface area contributed by atoms with E-state index in [2.05, 4.69) is 20.6 Å². The van der Waals surface area contributed by atoms with Gasteiger partial charge in [0.2, 0.25) is 5.95 Å². The molecule has 0 aliphatic heterocycles. The molecule has 0 amide bonds. The van der Waals surface area contributed by atoms with Crippen LogP contribution in [0.1, 0.15) is 20.7 Å². The van der Waals surface area contributed by atoms with Gasteiger partial charge in [-0.1, -0.05) is 17.7 Å². The molecule has 0 aliphatic carbocycles. The van der Waals surface area contributed by atoms with Crippen molar-refractivity contribution in [1.82, 2.24) is 9.97 Å². The minimum Gasteiger partial charge on any atom is -0.478 e. The van der Waals surface area contributed by atoms with Gasteiger partial charge in [-0.25, -0.2) is 14.6 Å². The molecule has 0 saturated heterocycles. The number of methoxy groups -OCH3 is 1. The van der Waals surface area contributed by atoms with Crippen LogP contribution in [0.4, 0.5) is 23.1 Å². The first-order valence-corrected chi connectivity index (χ1v) is 8.42. The number of nitrogens with one attached hydrogen (secondary N) is 2. The zero-order valence-electron chi connectivity index (χ0n) is 14.6. The SMILES string of the molecule is COC(=O)c1ccc(Cl)c(Nc2nccc(Nc3cccc(C(=O)O)c3)n2)c1. The number of hydrogen-bond acceptors (Lipinski definition) is 7. The Bertz CT molecular complexity index is 1040. The van der Waals surface area contributed by atoms with E-state index in [4.69, 9.17) is 21.4 Å². The van der Waals surface area contributed by atoms with Gasteiger partial charge in [0.05, 0.1) is 28.9 Å². The first-order valence-electron chi connectivity index (χ1n) is 8.04. The van der Waals surface area contributed by atoms with E-state index in [1.807, 2.05) is 0 Å². The number of aromatic nitrogens is 2. The van der Waals surface area contributed by atoms with Crippen molar-refractivity contribution in [1.29, 1.82) is 0 Å². The van der Waals surface area contributed by atoms with E-state index >= 15 is 0 Å². The van der Waals surface area contributed by atoms with Crippen molar-refractivity contribution in [2.24, 2.45) is 0 Å². The van der Waals surface area contributed by atoms with Crippen molar-refractivity contribution >= 4 is 46.7 Å². The van der Waals surface area contributed by atoms with Crippen molar-refractivity contribution in [3.05, 3.63) is 70.9 Å². The highest BCUT2D eigenvalue weighted by Crippen LogP contribution is 2.26. The molecule has 0 spiro atoms. The largest absolute Gasteiger partial charge is 0.478 e. The molecule has 0 unspecified atom stereocenters. The first kappa shape index (κ1) is 19.1. The minimum absolute atomic E-state index is 0.156. The fourth-order valence-corrected chi connectivity index (χ4v) is 2.52. The van der Waals surface area contributed by atoms with Gasteiger partial charge in [-0.15, -0.1) is 0 Å². The zero-order valence-corrected chi connectivity index (χ0v) is 15.4. The van der Waals surface area contributed by atoms with Crippen LogP contribution in [-0.2, 0) is 4.74 Å².